The maximum atomic E-state index is 14.0. The number of nitrogens with one attached hydrogen (secondary N) is 1. The van der Waals surface area contributed by atoms with Crippen molar-refractivity contribution in [2.75, 3.05) is 7.11 Å². The molecular weight excluding hydrogens is 491 g/mol. The van der Waals surface area contributed by atoms with Crippen molar-refractivity contribution in [1.82, 2.24) is 5.43 Å². The Morgan fingerprint density at radius 2 is 1.97 bits per heavy atom. The van der Waals surface area contributed by atoms with Crippen molar-refractivity contribution in [1.29, 1.82) is 10.5 Å². The molecular formula is C24H16BrFN4O3. The Morgan fingerprint density at radius 1 is 1.18 bits per heavy atom. The van der Waals surface area contributed by atoms with Crippen LogP contribution in [-0.2, 0) is 6.61 Å². The summed E-state index contributed by atoms with van der Waals surface area (Å²) in [6.45, 7) is 0.165. The predicted molar refractivity (Wildman–Crippen MR) is 122 cm³/mol. The van der Waals surface area contributed by atoms with Crippen molar-refractivity contribution < 1.29 is 18.7 Å². The SMILES string of the molecule is COc1cc(/C=N\NC(=O)c2ccc(C#N)cc2F)cc(Br)c1OCc1ccccc1C#N. The van der Waals surface area contributed by atoms with Gasteiger partial charge in [0.15, 0.2) is 11.5 Å². The first-order valence-electron chi connectivity index (χ1n) is 9.48. The fourth-order valence-corrected chi connectivity index (χ4v) is 3.43. The first-order valence-corrected chi connectivity index (χ1v) is 10.3. The van der Waals surface area contributed by atoms with Crippen molar-refractivity contribution in [3.05, 3.63) is 92.7 Å². The summed E-state index contributed by atoms with van der Waals surface area (Å²) < 4.78 is 25.8. The van der Waals surface area contributed by atoms with E-state index in [2.05, 4.69) is 32.5 Å². The number of rotatable bonds is 7. The van der Waals surface area contributed by atoms with E-state index in [1.165, 1.54) is 25.5 Å². The molecule has 0 aliphatic carbocycles. The Kier molecular flexibility index (Phi) is 7.74. The van der Waals surface area contributed by atoms with Crippen molar-refractivity contribution in [2.45, 2.75) is 6.61 Å². The molecule has 0 atom stereocenters. The van der Waals surface area contributed by atoms with E-state index in [1.807, 2.05) is 6.07 Å². The fraction of sp³-hybridized carbons (Fsp3) is 0.0833. The van der Waals surface area contributed by atoms with Crippen LogP contribution in [0.2, 0.25) is 0 Å². The van der Waals surface area contributed by atoms with Crippen LogP contribution in [0, 0.1) is 28.5 Å². The van der Waals surface area contributed by atoms with Gasteiger partial charge < -0.3 is 9.47 Å². The van der Waals surface area contributed by atoms with Gasteiger partial charge in [0.1, 0.15) is 12.4 Å². The van der Waals surface area contributed by atoms with E-state index in [-0.39, 0.29) is 17.7 Å². The molecule has 164 valence electrons. The van der Waals surface area contributed by atoms with E-state index in [9.17, 15) is 14.4 Å². The van der Waals surface area contributed by atoms with Crippen molar-refractivity contribution >= 4 is 28.1 Å². The van der Waals surface area contributed by atoms with Gasteiger partial charge in [-0.25, -0.2) is 9.82 Å². The van der Waals surface area contributed by atoms with E-state index >= 15 is 0 Å². The molecule has 0 aliphatic rings. The first-order chi connectivity index (χ1) is 16.0. The molecule has 1 N–H and O–H groups in total. The number of nitrogens with zero attached hydrogens (tertiary/aromatic N) is 3. The second-order valence-electron chi connectivity index (χ2n) is 6.60. The second-order valence-corrected chi connectivity index (χ2v) is 7.45. The van der Waals surface area contributed by atoms with Gasteiger partial charge in [-0.3, -0.25) is 4.79 Å². The van der Waals surface area contributed by atoms with E-state index in [0.29, 0.717) is 27.1 Å². The van der Waals surface area contributed by atoms with Crippen LogP contribution in [0.25, 0.3) is 0 Å². The number of carbonyl (C=O) groups is 1. The summed E-state index contributed by atoms with van der Waals surface area (Å²) in [6, 6.07) is 17.9. The number of carbonyl (C=O) groups excluding carboxylic acids is 1. The molecule has 33 heavy (non-hydrogen) atoms. The molecule has 0 bridgehead atoms. The molecule has 3 rings (SSSR count). The summed E-state index contributed by atoms with van der Waals surface area (Å²) in [5, 5.41) is 21.9. The van der Waals surface area contributed by atoms with E-state index in [0.717, 1.165) is 11.6 Å². The molecule has 0 saturated carbocycles. The number of halogens is 2. The number of hydrogen-bond donors (Lipinski definition) is 1. The van der Waals surface area contributed by atoms with Gasteiger partial charge in [-0.15, -0.1) is 0 Å². The van der Waals surface area contributed by atoms with Gasteiger partial charge >= 0.3 is 0 Å². The molecule has 0 aliphatic heterocycles. The third-order valence-corrected chi connectivity index (χ3v) is 5.07. The van der Waals surface area contributed by atoms with Crippen LogP contribution in [0.4, 0.5) is 4.39 Å². The van der Waals surface area contributed by atoms with Crippen LogP contribution < -0.4 is 14.9 Å². The molecule has 0 fully saturated rings. The monoisotopic (exact) mass is 506 g/mol. The summed E-state index contributed by atoms with van der Waals surface area (Å²) in [4.78, 5) is 12.1. The highest BCUT2D eigenvalue weighted by Crippen LogP contribution is 2.37. The van der Waals surface area contributed by atoms with Gasteiger partial charge in [0.25, 0.3) is 5.91 Å². The maximum absolute atomic E-state index is 14.0. The molecule has 0 aromatic heterocycles. The zero-order valence-electron chi connectivity index (χ0n) is 17.3. The van der Waals surface area contributed by atoms with Gasteiger partial charge in [0.2, 0.25) is 0 Å². The van der Waals surface area contributed by atoms with Crippen LogP contribution >= 0.6 is 15.9 Å². The summed E-state index contributed by atoms with van der Waals surface area (Å²) >= 11 is 3.43. The van der Waals surface area contributed by atoms with Gasteiger partial charge in [-0.05, 0) is 57.9 Å². The van der Waals surface area contributed by atoms with Gasteiger partial charge in [0, 0.05) is 5.56 Å². The lowest BCUT2D eigenvalue weighted by atomic mass is 10.1. The minimum absolute atomic E-state index is 0.114. The number of nitriles is 2. The normalized spacial score (nSPS) is 10.3. The third-order valence-electron chi connectivity index (χ3n) is 4.48. The molecule has 0 heterocycles. The minimum atomic E-state index is -0.814. The number of benzene rings is 3. The molecule has 0 radical (unpaired) electrons. The quantitative estimate of drug-likeness (QED) is 0.369. The van der Waals surface area contributed by atoms with Crippen LogP contribution in [0.1, 0.15) is 32.6 Å². The highest BCUT2D eigenvalue weighted by atomic mass is 79.9. The lowest BCUT2D eigenvalue weighted by Gasteiger charge is -2.14. The Morgan fingerprint density at radius 3 is 2.67 bits per heavy atom. The molecule has 3 aromatic carbocycles. The molecule has 7 nitrogen and oxygen atoms in total. The first kappa shape index (κ1) is 23.5. The largest absolute Gasteiger partial charge is 0.493 e. The predicted octanol–water partition coefficient (Wildman–Crippen LogP) is 4.68. The van der Waals surface area contributed by atoms with Crippen LogP contribution in [-0.4, -0.2) is 19.2 Å². The number of amides is 1. The average molecular weight is 507 g/mol. The maximum Gasteiger partial charge on any atom is 0.274 e. The van der Waals surface area contributed by atoms with Crippen LogP contribution in [0.3, 0.4) is 0 Å². The lowest BCUT2D eigenvalue weighted by molar-refractivity contribution is 0.0951. The molecule has 3 aromatic rings. The van der Waals surface area contributed by atoms with Crippen molar-refractivity contribution in [2.24, 2.45) is 5.10 Å². The topological polar surface area (TPSA) is 108 Å². The third kappa shape index (κ3) is 5.73. The van der Waals surface area contributed by atoms with Crippen LogP contribution in [0.5, 0.6) is 11.5 Å². The Hall–Kier alpha value is -4.21. The fourth-order valence-electron chi connectivity index (χ4n) is 2.85. The molecule has 9 heteroatoms. The highest BCUT2D eigenvalue weighted by molar-refractivity contribution is 9.10. The van der Waals surface area contributed by atoms with Gasteiger partial charge in [0.05, 0.1) is 46.6 Å². The van der Waals surface area contributed by atoms with Crippen LogP contribution in [0.15, 0.2) is 64.2 Å². The Balaban J connectivity index is 1.72. The van der Waals surface area contributed by atoms with Crippen molar-refractivity contribution in [3.63, 3.8) is 0 Å². The highest BCUT2D eigenvalue weighted by Gasteiger charge is 2.14. The van der Waals surface area contributed by atoms with E-state index < -0.39 is 11.7 Å². The summed E-state index contributed by atoms with van der Waals surface area (Å²) in [6.07, 6.45) is 1.36. The zero-order chi connectivity index (χ0) is 23.8. The minimum Gasteiger partial charge on any atom is -0.493 e. The van der Waals surface area contributed by atoms with Gasteiger partial charge in [-0.2, -0.15) is 15.6 Å². The number of methoxy groups -OCH3 is 1. The number of ether oxygens (including phenoxy) is 2. The molecule has 0 saturated heterocycles. The number of hydrogen-bond acceptors (Lipinski definition) is 6. The average Bonchev–Trinajstić information content (AvgIpc) is 2.82. The molecule has 0 unspecified atom stereocenters. The van der Waals surface area contributed by atoms with E-state index in [4.69, 9.17) is 14.7 Å². The second kappa shape index (κ2) is 10.9. The smallest absolute Gasteiger partial charge is 0.274 e. The summed E-state index contributed by atoms with van der Waals surface area (Å²) in [5.74, 6) is -0.725. The van der Waals surface area contributed by atoms with Gasteiger partial charge in [-0.1, -0.05) is 18.2 Å². The number of hydrazone groups is 1. The Labute approximate surface area is 197 Å². The lowest BCUT2D eigenvalue weighted by Crippen LogP contribution is -2.19. The standard InChI is InChI=1S/C24H16BrFN4O3/c1-32-22-10-16(13-29-30-24(31)19-7-6-15(11-27)9-21(19)26)8-20(25)23(22)33-14-18-5-3-2-4-17(18)12-28/h2-10,13H,14H2,1H3,(H,30,31)/b29-13-. The van der Waals surface area contributed by atoms with Crippen molar-refractivity contribution in [3.8, 4) is 23.6 Å². The molecule has 0 spiro atoms. The summed E-state index contributed by atoms with van der Waals surface area (Å²) in [5.41, 5.74) is 3.96. The molecule has 1 amide bonds. The Bertz CT molecular complexity index is 1310. The van der Waals surface area contributed by atoms with E-state index in [1.54, 1.807) is 36.4 Å². The zero-order valence-corrected chi connectivity index (χ0v) is 18.9. The summed E-state index contributed by atoms with van der Waals surface area (Å²) in [7, 11) is 1.48.